The minimum Gasteiger partial charge on any atom is -0.396 e. The molecule has 6 heteroatoms. The van der Waals surface area contributed by atoms with Crippen molar-refractivity contribution >= 4 is 29.3 Å². The third kappa shape index (κ3) is 7.93. The number of aldehydes is 1. The van der Waals surface area contributed by atoms with E-state index in [9.17, 15) is 4.79 Å². The molecule has 1 aromatic carbocycles. The van der Waals surface area contributed by atoms with E-state index < -0.39 is 0 Å². The Labute approximate surface area is 144 Å². The van der Waals surface area contributed by atoms with Crippen LogP contribution in [-0.2, 0) is 4.79 Å². The van der Waals surface area contributed by atoms with Crippen LogP contribution in [-0.4, -0.2) is 39.2 Å². The standard InChI is InChI=1S/C13H14ClN3O.C2H7N.C2H6/c14-9-1-3-10(4-2-9)17-13-7-16-6-5-11(13)12(15)8-18;1-3-2;1-2/h1-4,8,16H,5-7,15H2;3H,1-2H3;1-2H3/b12-11-,17-13?;;. The Hall–Kier alpha value is -1.69. The average Bonchev–Trinajstić information content (AvgIpc) is 2.59. The lowest BCUT2D eigenvalue weighted by Gasteiger charge is -2.19. The van der Waals surface area contributed by atoms with Crippen molar-refractivity contribution in [2.75, 3.05) is 27.2 Å². The zero-order valence-corrected chi connectivity index (χ0v) is 15.1. The molecule has 0 atom stereocenters. The monoisotopic (exact) mass is 338 g/mol. The molecule has 4 N–H and O–H groups in total. The molecular weight excluding hydrogens is 312 g/mol. The van der Waals surface area contributed by atoms with Gasteiger partial charge in [0.2, 0.25) is 0 Å². The number of nitrogens with one attached hydrogen (secondary N) is 2. The first-order valence-electron chi connectivity index (χ1n) is 7.68. The van der Waals surface area contributed by atoms with Crippen LogP contribution in [0.5, 0.6) is 0 Å². The summed E-state index contributed by atoms with van der Waals surface area (Å²) in [6, 6.07) is 7.23. The minimum atomic E-state index is 0.268. The second-order valence-corrected chi connectivity index (χ2v) is 4.95. The highest BCUT2D eigenvalue weighted by Crippen LogP contribution is 2.19. The van der Waals surface area contributed by atoms with E-state index in [1.54, 1.807) is 12.1 Å². The smallest absolute Gasteiger partial charge is 0.166 e. The number of aliphatic imine (C=N–C) groups is 1. The van der Waals surface area contributed by atoms with Crippen LogP contribution < -0.4 is 16.4 Å². The van der Waals surface area contributed by atoms with Gasteiger partial charge in [-0.1, -0.05) is 25.4 Å². The van der Waals surface area contributed by atoms with Crippen LogP contribution in [0.25, 0.3) is 0 Å². The summed E-state index contributed by atoms with van der Waals surface area (Å²) < 4.78 is 0. The van der Waals surface area contributed by atoms with Gasteiger partial charge >= 0.3 is 0 Å². The molecule has 5 nitrogen and oxygen atoms in total. The molecule has 23 heavy (non-hydrogen) atoms. The molecule has 0 unspecified atom stereocenters. The lowest BCUT2D eigenvalue weighted by molar-refractivity contribution is -0.105. The summed E-state index contributed by atoms with van der Waals surface area (Å²) in [7, 11) is 3.75. The van der Waals surface area contributed by atoms with Crippen molar-refractivity contribution in [2.45, 2.75) is 20.3 Å². The fourth-order valence-corrected chi connectivity index (χ4v) is 1.96. The summed E-state index contributed by atoms with van der Waals surface area (Å²) in [5.41, 5.74) is 8.41. The average molecular weight is 339 g/mol. The van der Waals surface area contributed by atoms with E-state index in [1.807, 2.05) is 40.1 Å². The number of halogens is 1. The van der Waals surface area contributed by atoms with Crippen molar-refractivity contribution in [3.05, 3.63) is 40.6 Å². The SMILES string of the molecule is CC.CNC.N/C(C=O)=C1/CCNCC1=Nc1ccc(Cl)cc1. The Balaban J connectivity index is 0.000000868. The number of benzene rings is 1. The van der Waals surface area contributed by atoms with Gasteiger partial charge in [-0.3, -0.25) is 9.79 Å². The Bertz CT molecular complexity index is 524. The predicted molar refractivity (Wildman–Crippen MR) is 99.6 cm³/mol. The molecule has 1 heterocycles. The molecule has 0 aliphatic carbocycles. The molecule has 2 rings (SSSR count). The highest BCUT2D eigenvalue weighted by molar-refractivity contribution is 6.30. The van der Waals surface area contributed by atoms with Gasteiger partial charge in [0.25, 0.3) is 0 Å². The Kier molecular flexibility index (Phi) is 11.9. The van der Waals surface area contributed by atoms with Crippen molar-refractivity contribution in [1.82, 2.24) is 10.6 Å². The van der Waals surface area contributed by atoms with Crippen LogP contribution in [0, 0.1) is 0 Å². The zero-order chi connectivity index (χ0) is 17.7. The topological polar surface area (TPSA) is 79.5 Å². The summed E-state index contributed by atoms with van der Waals surface area (Å²) in [5, 5.41) is 6.63. The van der Waals surface area contributed by atoms with Crippen molar-refractivity contribution in [1.29, 1.82) is 0 Å². The Morgan fingerprint density at radius 1 is 1.30 bits per heavy atom. The van der Waals surface area contributed by atoms with Crippen molar-refractivity contribution < 1.29 is 4.79 Å². The maximum atomic E-state index is 10.8. The summed E-state index contributed by atoms with van der Waals surface area (Å²) in [5.74, 6) is 0. The van der Waals surface area contributed by atoms with E-state index in [1.165, 1.54) is 0 Å². The zero-order valence-electron chi connectivity index (χ0n) is 14.3. The predicted octanol–water partition coefficient (Wildman–Crippen LogP) is 2.68. The van der Waals surface area contributed by atoms with Gasteiger partial charge in [0.05, 0.1) is 17.1 Å². The number of nitrogens with two attached hydrogens (primary N) is 1. The first-order valence-corrected chi connectivity index (χ1v) is 8.06. The highest BCUT2D eigenvalue weighted by atomic mass is 35.5. The van der Waals surface area contributed by atoms with E-state index in [4.69, 9.17) is 17.3 Å². The number of nitrogens with zero attached hydrogens (tertiary/aromatic N) is 1. The third-order valence-electron chi connectivity index (χ3n) is 2.76. The van der Waals surface area contributed by atoms with Gasteiger partial charge in [0.15, 0.2) is 6.29 Å². The maximum absolute atomic E-state index is 10.8. The maximum Gasteiger partial charge on any atom is 0.166 e. The van der Waals surface area contributed by atoms with E-state index in [2.05, 4.69) is 15.6 Å². The largest absolute Gasteiger partial charge is 0.396 e. The molecule has 1 fully saturated rings. The fourth-order valence-electron chi connectivity index (χ4n) is 1.83. The lowest BCUT2D eigenvalue weighted by Crippen LogP contribution is -2.33. The second-order valence-electron chi connectivity index (χ2n) is 4.51. The van der Waals surface area contributed by atoms with E-state index in [0.717, 1.165) is 29.9 Å². The van der Waals surface area contributed by atoms with Gasteiger partial charge in [-0.05, 0) is 51.3 Å². The number of carbonyl (C=O) groups is 1. The van der Waals surface area contributed by atoms with E-state index in [-0.39, 0.29) is 5.70 Å². The Morgan fingerprint density at radius 2 is 1.87 bits per heavy atom. The van der Waals surface area contributed by atoms with Crippen LogP contribution in [0.4, 0.5) is 5.69 Å². The summed E-state index contributed by atoms with van der Waals surface area (Å²) in [6.45, 7) is 5.43. The molecule has 1 aliphatic heterocycles. The number of piperidine rings is 1. The minimum absolute atomic E-state index is 0.268. The molecule has 0 saturated carbocycles. The number of carbonyl (C=O) groups excluding carboxylic acids is 1. The molecule has 0 radical (unpaired) electrons. The van der Waals surface area contributed by atoms with Crippen molar-refractivity contribution in [3.63, 3.8) is 0 Å². The third-order valence-corrected chi connectivity index (χ3v) is 3.01. The van der Waals surface area contributed by atoms with Gasteiger partial charge in [-0.2, -0.15) is 0 Å². The van der Waals surface area contributed by atoms with Crippen LogP contribution in [0.1, 0.15) is 20.3 Å². The van der Waals surface area contributed by atoms with E-state index in [0.29, 0.717) is 17.9 Å². The summed E-state index contributed by atoms with van der Waals surface area (Å²) >= 11 is 5.82. The van der Waals surface area contributed by atoms with Crippen LogP contribution in [0.15, 0.2) is 40.5 Å². The molecular formula is C17H27ClN4O. The highest BCUT2D eigenvalue weighted by Gasteiger charge is 2.15. The van der Waals surface area contributed by atoms with Gasteiger partial charge in [0, 0.05) is 17.1 Å². The van der Waals surface area contributed by atoms with Crippen molar-refractivity contribution in [3.8, 4) is 0 Å². The van der Waals surface area contributed by atoms with Crippen LogP contribution in [0.2, 0.25) is 5.02 Å². The molecule has 1 saturated heterocycles. The quantitative estimate of drug-likeness (QED) is 0.572. The van der Waals surface area contributed by atoms with Gasteiger partial charge < -0.3 is 16.4 Å². The Morgan fingerprint density at radius 3 is 2.39 bits per heavy atom. The first kappa shape index (κ1) is 21.3. The van der Waals surface area contributed by atoms with Gasteiger partial charge in [-0.25, -0.2) is 0 Å². The van der Waals surface area contributed by atoms with Gasteiger partial charge in [-0.15, -0.1) is 0 Å². The first-order chi connectivity index (χ1) is 11.1. The van der Waals surface area contributed by atoms with E-state index >= 15 is 0 Å². The molecule has 1 aliphatic rings. The molecule has 0 bridgehead atoms. The lowest BCUT2D eigenvalue weighted by atomic mass is 10.0. The van der Waals surface area contributed by atoms with Gasteiger partial charge in [0.1, 0.15) is 0 Å². The molecule has 0 spiro atoms. The summed E-state index contributed by atoms with van der Waals surface area (Å²) in [4.78, 5) is 15.3. The van der Waals surface area contributed by atoms with Crippen LogP contribution >= 0.6 is 11.6 Å². The summed E-state index contributed by atoms with van der Waals surface area (Å²) in [6.07, 6.45) is 1.40. The number of rotatable bonds is 2. The second kappa shape index (κ2) is 12.8. The normalized spacial score (nSPS) is 17.3. The molecule has 128 valence electrons. The number of hydrogen-bond donors (Lipinski definition) is 3. The molecule has 0 aromatic heterocycles. The molecule has 1 aromatic rings. The van der Waals surface area contributed by atoms with Crippen LogP contribution in [0.3, 0.4) is 0 Å². The van der Waals surface area contributed by atoms with Crippen molar-refractivity contribution in [2.24, 2.45) is 10.7 Å². The number of allylic oxidation sites excluding steroid dienone is 1. The number of hydrogen-bond acceptors (Lipinski definition) is 5. The fraction of sp³-hybridized carbons (Fsp3) is 0.412. The molecule has 0 amide bonds.